The van der Waals surface area contributed by atoms with E-state index in [-0.39, 0.29) is 0 Å². The molecule has 0 spiro atoms. The second-order valence-electron chi connectivity index (χ2n) is 3.59. The van der Waals surface area contributed by atoms with E-state index in [1.54, 1.807) is 13.8 Å². The highest BCUT2D eigenvalue weighted by Crippen LogP contribution is 2.50. The number of carboxylic acid groups (broad SMARTS) is 1. The summed E-state index contributed by atoms with van der Waals surface area (Å²) in [6.45, 7) is 3.55. The summed E-state index contributed by atoms with van der Waals surface area (Å²) in [6.07, 6.45) is 1.40. The largest absolute Gasteiger partial charge is 0.481 e. The maximum absolute atomic E-state index is 11.0. The van der Waals surface area contributed by atoms with Crippen molar-refractivity contribution in [3.63, 3.8) is 0 Å². The Balaban J connectivity index is 2.51. The van der Waals surface area contributed by atoms with Crippen molar-refractivity contribution in [2.75, 3.05) is 0 Å². The molecule has 4 nitrogen and oxygen atoms in total. The summed E-state index contributed by atoms with van der Waals surface area (Å²) in [5, 5.41) is 12.8. The van der Waals surface area contributed by atoms with Crippen LogP contribution in [0.25, 0.3) is 0 Å². The van der Waals surface area contributed by atoms with Crippen LogP contribution in [0, 0.1) is 13.8 Å². The van der Waals surface area contributed by atoms with Gasteiger partial charge in [-0.25, -0.2) is 0 Å². The van der Waals surface area contributed by atoms with Gasteiger partial charge in [-0.05, 0) is 26.7 Å². The van der Waals surface area contributed by atoms with Gasteiger partial charge in [-0.2, -0.15) is 0 Å². The van der Waals surface area contributed by atoms with Crippen LogP contribution >= 0.6 is 0 Å². The van der Waals surface area contributed by atoms with Crippen molar-refractivity contribution in [2.45, 2.75) is 32.1 Å². The summed E-state index contributed by atoms with van der Waals surface area (Å²) in [5.74, 6) is -0.126. The van der Waals surface area contributed by atoms with Crippen molar-refractivity contribution in [3.8, 4) is 0 Å². The molecule has 1 heterocycles. The van der Waals surface area contributed by atoms with Crippen LogP contribution < -0.4 is 0 Å². The lowest BCUT2D eigenvalue weighted by molar-refractivity contribution is -0.140. The van der Waals surface area contributed by atoms with Crippen LogP contribution in [0.1, 0.15) is 29.9 Å². The summed E-state index contributed by atoms with van der Waals surface area (Å²) in [5.41, 5.74) is 0.797. The van der Waals surface area contributed by atoms with Gasteiger partial charge >= 0.3 is 5.97 Å². The minimum atomic E-state index is -0.762. The van der Waals surface area contributed by atoms with Crippen LogP contribution in [0.2, 0.25) is 0 Å². The summed E-state index contributed by atoms with van der Waals surface area (Å²) < 4.78 is 4.96. The summed E-state index contributed by atoms with van der Waals surface area (Å²) in [7, 11) is 0. The molecule has 0 aliphatic heterocycles. The Morgan fingerprint density at radius 3 is 2.46 bits per heavy atom. The highest BCUT2D eigenvalue weighted by molar-refractivity contribution is 5.85. The molecule has 0 unspecified atom stereocenters. The first-order chi connectivity index (χ1) is 6.08. The number of rotatable bonds is 2. The van der Waals surface area contributed by atoms with E-state index in [2.05, 4.69) is 5.16 Å². The Labute approximate surface area is 75.5 Å². The fourth-order valence-corrected chi connectivity index (χ4v) is 1.86. The monoisotopic (exact) mass is 181 g/mol. The second-order valence-corrected chi connectivity index (χ2v) is 3.59. The number of aromatic nitrogens is 1. The Morgan fingerprint density at radius 2 is 2.15 bits per heavy atom. The molecular weight excluding hydrogens is 170 g/mol. The third-order valence-corrected chi connectivity index (χ3v) is 2.67. The van der Waals surface area contributed by atoms with E-state index < -0.39 is 11.4 Å². The molecule has 1 aromatic heterocycles. The SMILES string of the molecule is Cc1noc(C)c1C1(C(=O)O)CC1. The number of aliphatic carboxylic acids is 1. The van der Waals surface area contributed by atoms with Crippen molar-refractivity contribution in [1.29, 1.82) is 0 Å². The molecule has 0 amide bonds. The molecule has 1 aromatic rings. The third kappa shape index (κ3) is 0.978. The van der Waals surface area contributed by atoms with Crippen molar-refractivity contribution in [3.05, 3.63) is 17.0 Å². The number of hydrogen-bond donors (Lipinski definition) is 1. The molecular formula is C9H11NO3. The Bertz CT molecular complexity index is 343. The van der Waals surface area contributed by atoms with Gasteiger partial charge in [0.1, 0.15) is 5.76 Å². The number of carbonyl (C=O) groups is 1. The zero-order valence-electron chi connectivity index (χ0n) is 7.63. The molecule has 0 radical (unpaired) electrons. The molecule has 0 atom stereocenters. The van der Waals surface area contributed by atoms with E-state index in [4.69, 9.17) is 9.63 Å². The number of nitrogens with zero attached hydrogens (tertiary/aromatic N) is 1. The van der Waals surface area contributed by atoms with Crippen LogP contribution in [0.3, 0.4) is 0 Å². The van der Waals surface area contributed by atoms with Crippen LogP contribution in [0.4, 0.5) is 0 Å². The highest BCUT2D eigenvalue weighted by atomic mass is 16.5. The van der Waals surface area contributed by atoms with Crippen molar-refractivity contribution < 1.29 is 14.4 Å². The van der Waals surface area contributed by atoms with E-state index in [0.717, 1.165) is 5.56 Å². The van der Waals surface area contributed by atoms with Gasteiger partial charge in [0, 0.05) is 5.56 Å². The minimum absolute atomic E-state index is 0.636. The maximum atomic E-state index is 11.0. The minimum Gasteiger partial charge on any atom is -0.481 e. The molecule has 1 aliphatic carbocycles. The normalized spacial score (nSPS) is 18.6. The van der Waals surface area contributed by atoms with Gasteiger partial charge in [0.15, 0.2) is 0 Å². The van der Waals surface area contributed by atoms with Crippen LogP contribution in [-0.2, 0) is 10.2 Å². The lowest BCUT2D eigenvalue weighted by Gasteiger charge is -2.07. The third-order valence-electron chi connectivity index (χ3n) is 2.67. The predicted octanol–water partition coefficient (Wildman–Crippen LogP) is 1.41. The molecule has 0 bridgehead atoms. The Morgan fingerprint density at radius 1 is 1.54 bits per heavy atom. The molecule has 1 fully saturated rings. The second kappa shape index (κ2) is 2.34. The number of carboxylic acids is 1. The van der Waals surface area contributed by atoms with Gasteiger partial charge in [-0.3, -0.25) is 4.79 Å². The zero-order valence-corrected chi connectivity index (χ0v) is 7.63. The topological polar surface area (TPSA) is 63.3 Å². The first-order valence-corrected chi connectivity index (χ1v) is 4.25. The van der Waals surface area contributed by atoms with Gasteiger partial charge in [0.05, 0.1) is 11.1 Å². The van der Waals surface area contributed by atoms with E-state index in [9.17, 15) is 4.79 Å². The number of hydrogen-bond acceptors (Lipinski definition) is 3. The molecule has 13 heavy (non-hydrogen) atoms. The van der Waals surface area contributed by atoms with Crippen molar-refractivity contribution in [1.82, 2.24) is 5.16 Å². The number of aryl methyl sites for hydroxylation is 2. The Kier molecular flexibility index (Phi) is 1.49. The molecule has 4 heteroatoms. The molecule has 1 aliphatic rings. The first kappa shape index (κ1) is 8.29. The lowest BCUT2D eigenvalue weighted by Crippen LogP contribution is -2.20. The van der Waals surface area contributed by atoms with Gasteiger partial charge < -0.3 is 9.63 Å². The average Bonchev–Trinajstić information content (AvgIpc) is 2.77. The van der Waals surface area contributed by atoms with E-state index in [1.807, 2.05) is 0 Å². The fraction of sp³-hybridized carbons (Fsp3) is 0.556. The predicted molar refractivity (Wildman–Crippen MR) is 44.5 cm³/mol. The summed E-state index contributed by atoms with van der Waals surface area (Å²) >= 11 is 0. The molecule has 0 saturated heterocycles. The quantitative estimate of drug-likeness (QED) is 0.749. The van der Waals surface area contributed by atoms with E-state index >= 15 is 0 Å². The molecule has 70 valence electrons. The smallest absolute Gasteiger partial charge is 0.314 e. The summed E-state index contributed by atoms with van der Waals surface area (Å²) in [4.78, 5) is 11.0. The first-order valence-electron chi connectivity index (χ1n) is 4.25. The van der Waals surface area contributed by atoms with E-state index in [0.29, 0.717) is 24.3 Å². The molecule has 0 aromatic carbocycles. The Hall–Kier alpha value is -1.32. The zero-order chi connectivity index (χ0) is 9.64. The van der Waals surface area contributed by atoms with Gasteiger partial charge in [-0.1, -0.05) is 5.16 Å². The fourth-order valence-electron chi connectivity index (χ4n) is 1.86. The van der Waals surface area contributed by atoms with Gasteiger partial charge in [-0.15, -0.1) is 0 Å². The lowest BCUT2D eigenvalue weighted by atomic mass is 9.95. The molecule has 1 saturated carbocycles. The van der Waals surface area contributed by atoms with Gasteiger partial charge in [0.2, 0.25) is 0 Å². The van der Waals surface area contributed by atoms with Gasteiger partial charge in [0.25, 0.3) is 0 Å². The standard InChI is InChI=1S/C9H11NO3/c1-5-7(6(2)13-10-5)9(3-4-9)8(11)12/h3-4H2,1-2H3,(H,11,12). The highest BCUT2D eigenvalue weighted by Gasteiger charge is 2.54. The van der Waals surface area contributed by atoms with Crippen LogP contribution in [0.15, 0.2) is 4.52 Å². The molecule has 1 N–H and O–H groups in total. The van der Waals surface area contributed by atoms with E-state index in [1.165, 1.54) is 0 Å². The van der Waals surface area contributed by atoms with Crippen LogP contribution in [0.5, 0.6) is 0 Å². The van der Waals surface area contributed by atoms with Crippen molar-refractivity contribution in [2.24, 2.45) is 0 Å². The maximum Gasteiger partial charge on any atom is 0.314 e. The summed E-state index contributed by atoms with van der Waals surface area (Å²) in [6, 6.07) is 0. The van der Waals surface area contributed by atoms with Crippen molar-refractivity contribution >= 4 is 5.97 Å². The molecule has 2 rings (SSSR count). The van der Waals surface area contributed by atoms with Crippen LogP contribution in [-0.4, -0.2) is 16.2 Å². The average molecular weight is 181 g/mol.